The topological polar surface area (TPSA) is 118 Å². The normalized spacial score (nSPS) is 16.0. The molecule has 1 aliphatic rings. The van der Waals surface area contributed by atoms with Crippen LogP contribution in [0.4, 0.5) is 16.5 Å². The summed E-state index contributed by atoms with van der Waals surface area (Å²) in [5.41, 5.74) is 1.15. The van der Waals surface area contributed by atoms with Crippen LogP contribution in [-0.2, 0) is 19.6 Å². The molecular weight excluding hydrogens is 464 g/mol. The van der Waals surface area contributed by atoms with E-state index in [1.807, 2.05) is 6.92 Å². The number of anilines is 3. The number of nitrogens with one attached hydrogen (secondary N) is 2. The first-order valence-corrected chi connectivity index (χ1v) is 12.6. The minimum absolute atomic E-state index is 0.0495. The van der Waals surface area contributed by atoms with Gasteiger partial charge in [0.25, 0.3) is 10.0 Å². The smallest absolute Gasteiger partial charge is 0.263 e. The third-order valence-corrected chi connectivity index (χ3v) is 7.21. The van der Waals surface area contributed by atoms with Crippen molar-refractivity contribution >= 4 is 49.7 Å². The lowest BCUT2D eigenvalue weighted by atomic mass is 10.1. The van der Waals surface area contributed by atoms with Crippen LogP contribution in [0, 0.1) is 5.92 Å². The molecule has 2 amide bonds. The van der Waals surface area contributed by atoms with Crippen LogP contribution in [0.15, 0.2) is 65.0 Å². The number of carbonyl (C=O) groups is 2. The molecule has 0 aliphatic carbocycles. The predicted molar refractivity (Wildman–Crippen MR) is 126 cm³/mol. The van der Waals surface area contributed by atoms with Gasteiger partial charge in [0.1, 0.15) is 5.75 Å². The zero-order chi connectivity index (χ0) is 23.4. The highest BCUT2D eigenvalue weighted by Gasteiger charge is 2.35. The van der Waals surface area contributed by atoms with Crippen molar-refractivity contribution in [1.82, 2.24) is 4.98 Å². The van der Waals surface area contributed by atoms with Crippen LogP contribution in [0.25, 0.3) is 0 Å². The largest absolute Gasteiger partial charge is 0.494 e. The average molecular weight is 487 g/mol. The van der Waals surface area contributed by atoms with Gasteiger partial charge in [0.2, 0.25) is 11.8 Å². The van der Waals surface area contributed by atoms with Crippen molar-refractivity contribution in [2.45, 2.75) is 18.2 Å². The van der Waals surface area contributed by atoms with Gasteiger partial charge >= 0.3 is 0 Å². The zero-order valence-corrected chi connectivity index (χ0v) is 19.4. The third kappa shape index (κ3) is 5.32. The van der Waals surface area contributed by atoms with Crippen molar-refractivity contribution in [3.05, 3.63) is 60.1 Å². The molecule has 172 valence electrons. The standard InChI is InChI=1S/C22H22N4O5S2/c1-2-31-18-7-5-17(6-8-18)26-14-15(13-20(26)27)21(28)24-16-3-9-19(10-4-16)33(29,30)25-22-23-11-12-32-22/h3-12,15H,2,13-14H2,1H3,(H,23,25)(H,24,28)/t15-/m1/s1. The Morgan fingerprint density at radius 2 is 1.91 bits per heavy atom. The molecule has 2 heterocycles. The maximum atomic E-state index is 12.7. The van der Waals surface area contributed by atoms with Crippen molar-refractivity contribution < 1.29 is 22.7 Å². The van der Waals surface area contributed by atoms with Gasteiger partial charge in [-0.05, 0) is 55.5 Å². The molecule has 11 heteroatoms. The zero-order valence-electron chi connectivity index (χ0n) is 17.7. The third-order valence-electron chi connectivity index (χ3n) is 5.04. The Kier molecular flexibility index (Phi) is 6.61. The first-order chi connectivity index (χ1) is 15.9. The SMILES string of the molecule is CCOc1ccc(N2C[C@H](C(=O)Nc3ccc(S(=O)(=O)Nc4nccs4)cc3)CC2=O)cc1. The van der Waals surface area contributed by atoms with E-state index in [2.05, 4.69) is 15.0 Å². The van der Waals surface area contributed by atoms with E-state index in [4.69, 9.17) is 4.74 Å². The highest BCUT2D eigenvalue weighted by molar-refractivity contribution is 7.93. The number of ether oxygens (including phenoxy) is 1. The second kappa shape index (κ2) is 9.59. The second-order valence-corrected chi connectivity index (χ2v) is 9.87. The van der Waals surface area contributed by atoms with E-state index in [1.165, 1.54) is 41.8 Å². The molecule has 0 radical (unpaired) electrons. The van der Waals surface area contributed by atoms with Crippen LogP contribution in [0.5, 0.6) is 5.75 Å². The number of nitrogens with zero attached hydrogens (tertiary/aromatic N) is 2. The van der Waals surface area contributed by atoms with E-state index in [-0.39, 0.29) is 34.8 Å². The minimum Gasteiger partial charge on any atom is -0.494 e. The summed E-state index contributed by atoms with van der Waals surface area (Å²) in [6.07, 6.45) is 1.61. The molecule has 4 rings (SSSR count). The number of thiazole rings is 1. The van der Waals surface area contributed by atoms with Crippen molar-refractivity contribution in [2.24, 2.45) is 5.92 Å². The highest BCUT2D eigenvalue weighted by atomic mass is 32.2. The summed E-state index contributed by atoms with van der Waals surface area (Å²) in [4.78, 5) is 30.7. The molecule has 0 unspecified atom stereocenters. The number of hydrogen-bond donors (Lipinski definition) is 2. The summed E-state index contributed by atoms with van der Waals surface area (Å²) >= 11 is 1.18. The quantitative estimate of drug-likeness (QED) is 0.504. The molecule has 1 aromatic heterocycles. The number of rotatable bonds is 8. The Balaban J connectivity index is 1.37. The first kappa shape index (κ1) is 22.7. The van der Waals surface area contributed by atoms with E-state index in [9.17, 15) is 18.0 Å². The van der Waals surface area contributed by atoms with E-state index in [1.54, 1.807) is 34.5 Å². The Morgan fingerprint density at radius 3 is 2.55 bits per heavy atom. The molecule has 0 saturated carbocycles. The van der Waals surface area contributed by atoms with E-state index >= 15 is 0 Å². The van der Waals surface area contributed by atoms with E-state index in [0.717, 1.165) is 5.75 Å². The highest BCUT2D eigenvalue weighted by Crippen LogP contribution is 2.28. The molecule has 2 N–H and O–H groups in total. The number of aromatic nitrogens is 1. The fourth-order valence-electron chi connectivity index (χ4n) is 3.43. The molecule has 33 heavy (non-hydrogen) atoms. The Hall–Kier alpha value is -3.44. The number of carbonyl (C=O) groups excluding carboxylic acids is 2. The van der Waals surface area contributed by atoms with Gasteiger partial charge in [0, 0.05) is 35.9 Å². The Labute approximate surface area is 195 Å². The molecular formula is C22H22N4O5S2. The summed E-state index contributed by atoms with van der Waals surface area (Å²) in [6.45, 7) is 2.72. The molecule has 2 aromatic carbocycles. The second-order valence-electron chi connectivity index (χ2n) is 7.29. The van der Waals surface area contributed by atoms with Gasteiger partial charge in [-0.15, -0.1) is 11.3 Å². The summed E-state index contributed by atoms with van der Waals surface area (Å²) < 4.78 is 32.7. The lowest BCUT2D eigenvalue weighted by Gasteiger charge is -2.17. The van der Waals surface area contributed by atoms with Crippen molar-refractivity contribution in [1.29, 1.82) is 0 Å². The lowest BCUT2D eigenvalue weighted by molar-refractivity contribution is -0.122. The monoisotopic (exact) mass is 486 g/mol. The van der Waals surface area contributed by atoms with Crippen LogP contribution < -0.4 is 19.7 Å². The summed E-state index contributed by atoms with van der Waals surface area (Å²) in [6, 6.07) is 13.0. The molecule has 3 aromatic rings. The van der Waals surface area contributed by atoms with Crippen LogP contribution in [0.2, 0.25) is 0 Å². The Bertz CT molecular complexity index is 1230. The number of sulfonamides is 1. The predicted octanol–water partition coefficient (Wildman–Crippen LogP) is 3.33. The molecule has 1 saturated heterocycles. The van der Waals surface area contributed by atoms with Gasteiger partial charge in [-0.25, -0.2) is 13.4 Å². The number of benzene rings is 2. The van der Waals surface area contributed by atoms with Gasteiger partial charge in [-0.2, -0.15) is 0 Å². The van der Waals surface area contributed by atoms with Crippen LogP contribution in [-0.4, -0.2) is 38.4 Å². The van der Waals surface area contributed by atoms with Gasteiger partial charge in [0.05, 0.1) is 17.4 Å². The molecule has 1 aliphatic heterocycles. The van der Waals surface area contributed by atoms with Gasteiger partial charge < -0.3 is 15.0 Å². The Morgan fingerprint density at radius 1 is 1.18 bits per heavy atom. The van der Waals surface area contributed by atoms with Gasteiger partial charge in [0.15, 0.2) is 5.13 Å². The van der Waals surface area contributed by atoms with Crippen LogP contribution in [0.3, 0.4) is 0 Å². The summed E-state index contributed by atoms with van der Waals surface area (Å²) in [5, 5.41) is 4.70. The summed E-state index contributed by atoms with van der Waals surface area (Å²) in [5.74, 6) is -0.226. The fourth-order valence-corrected chi connectivity index (χ4v) is 5.22. The fraction of sp³-hybridized carbons (Fsp3) is 0.227. The maximum absolute atomic E-state index is 12.7. The minimum atomic E-state index is -3.77. The van der Waals surface area contributed by atoms with Gasteiger partial charge in [-0.3, -0.25) is 14.3 Å². The van der Waals surface area contributed by atoms with Crippen LogP contribution >= 0.6 is 11.3 Å². The number of amides is 2. The van der Waals surface area contributed by atoms with Crippen molar-refractivity contribution in [2.75, 3.05) is 28.1 Å². The number of hydrogen-bond acceptors (Lipinski definition) is 7. The van der Waals surface area contributed by atoms with Gasteiger partial charge in [-0.1, -0.05) is 0 Å². The molecule has 1 atom stereocenters. The van der Waals surface area contributed by atoms with E-state index in [0.29, 0.717) is 18.0 Å². The van der Waals surface area contributed by atoms with Crippen LogP contribution in [0.1, 0.15) is 13.3 Å². The lowest BCUT2D eigenvalue weighted by Crippen LogP contribution is -2.28. The molecule has 0 spiro atoms. The van der Waals surface area contributed by atoms with Crippen molar-refractivity contribution in [3.8, 4) is 5.75 Å². The molecule has 1 fully saturated rings. The van der Waals surface area contributed by atoms with Crippen molar-refractivity contribution in [3.63, 3.8) is 0 Å². The average Bonchev–Trinajstić information content (AvgIpc) is 3.44. The molecule has 0 bridgehead atoms. The first-order valence-electron chi connectivity index (χ1n) is 10.2. The van der Waals surface area contributed by atoms with E-state index < -0.39 is 15.9 Å². The summed E-state index contributed by atoms with van der Waals surface area (Å²) in [7, 11) is -3.77. The molecule has 9 nitrogen and oxygen atoms in total. The maximum Gasteiger partial charge on any atom is 0.263 e.